The number of benzene rings is 1. The topological polar surface area (TPSA) is 122 Å². The standard InChI is InChI=1S/C23H20N2O6/c26-11-1-4-16-9(6-11)5-10(8-31-16)17-12-2-3-13-18(22(29)24-20(13)27)14(12)7-15-19(17)23(30)25-21(15)28/h1-2,4,6,8,13-15,17-19,26H,3,5,7H2,(H,24,27,29)(H,25,28,30)/t13-,14+,15+,17-,18-,19+/m0/s1. The first kappa shape index (κ1) is 18.4. The summed E-state index contributed by atoms with van der Waals surface area (Å²) < 4.78 is 5.81. The number of carbonyl (C=O) groups excluding carboxylic acids is 4. The number of allylic oxidation sites excluding steroid dienone is 3. The lowest BCUT2D eigenvalue weighted by Crippen LogP contribution is -2.44. The zero-order valence-electron chi connectivity index (χ0n) is 16.5. The Morgan fingerprint density at radius 1 is 0.903 bits per heavy atom. The second-order valence-electron chi connectivity index (χ2n) is 9.01. The number of aromatic hydroxyl groups is 1. The Morgan fingerprint density at radius 2 is 1.65 bits per heavy atom. The Bertz CT molecular complexity index is 1130. The van der Waals surface area contributed by atoms with Crippen LogP contribution in [0.15, 0.2) is 41.7 Å². The van der Waals surface area contributed by atoms with Gasteiger partial charge in [-0.05, 0) is 42.5 Å². The lowest BCUT2D eigenvalue weighted by Gasteiger charge is -2.45. The maximum Gasteiger partial charge on any atom is 0.231 e. The molecule has 0 aromatic heterocycles. The maximum absolute atomic E-state index is 12.8. The van der Waals surface area contributed by atoms with Crippen LogP contribution in [0.25, 0.3) is 0 Å². The molecule has 0 spiro atoms. The van der Waals surface area contributed by atoms with Gasteiger partial charge in [-0.3, -0.25) is 29.8 Å². The number of hydrogen-bond donors (Lipinski definition) is 3. The minimum Gasteiger partial charge on any atom is -0.508 e. The molecule has 8 nitrogen and oxygen atoms in total. The Hall–Kier alpha value is -3.42. The summed E-state index contributed by atoms with van der Waals surface area (Å²) in [6, 6.07) is 4.87. The number of fused-ring (bicyclic) bond motifs is 5. The molecule has 2 saturated heterocycles. The molecule has 31 heavy (non-hydrogen) atoms. The van der Waals surface area contributed by atoms with Gasteiger partial charge in [0, 0.05) is 17.9 Å². The predicted octanol–water partition coefficient (Wildman–Crippen LogP) is 0.955. The van der Waals surface area contributed by atoms with Crippen LogP contribution in [0.4, 0.5) is 0 Å². The van der Waals surface area contributed by atoms with Gasteiger partial charge in [-0.15, -0.1) is 0 Å². The Balaban J connectivity index is 1.45. The summed E-state index contributed by atoms with van der Waals surface area (Å²) in [4.78, 5) is 50.2. The van der Waals surface area contributed by atoms with Crippen molar-refractivity contribution in [3.8, 4) is 11.5 Å². The molecule has 3 fully saturated rings. The summed E-state index contributed by atoms with van der Waals surface area (Å²) >= 11 is 0. The zero-order chi connectivity index (χ0) is 21.4. The first-order chi connectivity index (χ1) is 14.9. The first-order valence-corrected chi connectivity index (χ1v) is 10.5. The third kappa shape index (κ3) is 2.54. The molecule has 5 aliphatic rings. The molecule has 3 aliphatic heterocycles. The fourth-order valence-corrected chi connectivity index (χ4v) is 6.23. The molecule has 0 radical (unpaired) electrons. The van der Waals surface area contributed by atoms with Gasteiger partial charge in [0.25, 0.3) is 0 Å². The summed E-state index contributed by atoms with van der Waals surface area (Å²) in [5.74, 6) is -3.15. The van der Waals surface area contributed by atoms with Crippen LogP contribution in [-0.2, 0) is 25.6 Å². The van der Waals surface area contributed by atoms with Crippen LogP contribution < -0.4 is 15.4 Å². The summed E-state index contributed by atoms with van der Waals surface area (Å²) in [7, 11) is 0. The van der Waals surface area contributed by atoms with Crippen molar-refractivity contribution in [2.75, 3.05) is 0 Å². The number of rotatable bonds is 1. The number of nitrogens with one attached hydrogen (secondary N) is 2. The lowest BCUT2D eigenvalue weighted by molar-refractivity contribution is -0.128. The van der Waals surface area contributed by atoms with Gasteiger partial charge in [-0.1, -0.05) is 11.6 Å². The second-order valence-corrected chi connectivity index (χ2v) is 9.01. The van der Waals surface area contributed by atoms with Gasteiger partial charge >= 0.3 is 0 Å². The van der Waals surface area contributed by atoms with Crippen molar-refractivity contribution in [3.05, 3.63) is 47.2 Å². The first-order valence-electron chi connectivity index (χ1n) is 10.5. The summed E-state index contributed by atoms with van der Waals surface area (Å²) in [6.45, 7) is 0. The van der Waals surface area contributed by atoms with Crippen LogP contribution in [0.3, 0.4) is 0 Å². The van der Waals surface area contributed by atoms with E-state index in [1.54, 1.807) is 24.5 Å². The maximum atomic E-state index is 12.8. The minimum atomic E-state index is -0.569. The van der Waals surface area contributed by atoms with E-state index < -0.39 is 29.6 Å². The molecule has 8 heteroatoms. The van der Waals surface area contributed by atoms with Gasteiger partial charge in [0.05, 0.1) is 29.9 Å². The molecule has 2 aliphatic carbocycles. The van der Waals surface area contributed by atoms with Crippen LogP contribution in [0, 0.1) is 35.5 Å². The van der Waals surface area contributed by atoms with E-state index in [1.165, 1.54) is 0 Å². The molecule has 158 valence electrons. The van der Waals surface area contributed by atoms with E-state index in [2.05, 4.69) is 10.6 Å². The van der Waals surface area contributed by atoms with Crippen LogP contribution in [-0.4, -0.2) is 28.7 Å². The van der Waals surface area contributed by atoms with Crippen LogP contribution in [0.1, 0.15) is 18.4 Å². The highest BCUT2D eigenvalue weighted by Gasteiger charge is 2.59. The van der Waals surface area contributed by atoms with Gasteiger partial charge < -0.3 is 9.84 Å². The molecule has 4 amide bonds. The number of carbonyl (C=O) groups is 4. The highest BCUT2D eigenvalue weighted by Crippen LogP contribution is 2.55. The van der Waals surface area contributed by atoms with E-state index in [0.29, 0.717) is 25.0 Å². The van der Waals surface area contributed by atoms with Crippen molar-refractivity contribution in [1.29, 1.82) is 0 Å². The molecule has 1 saturated carbocycles. The lowest BCUT2D eigenvalue weighted by atomic mass is 9.56. The molecule has 6 atom stereocenters. The van der Waals surface area contributed by atoms with Crippen LogP contribution >= 0.6 is 0 Å². The van der Waals surface area contributed by atoms with Gasteiger partial charge in [-0.25, -0.2) is 0 Å². The monoisotopic (exact) mass is 420 g/mol. The fraction of sp³-hybridized carbons (Fsp3) is 0.391. The predicted molar refractivity (Wildman–Crippen MR) is 105 cm³/mol. The van der Waals surface area contributed by atoms with Crippen molar-refractivity contribution in [3.63, 3.8) is 0 Å². The van der Waals surface area contributed by atoms with Gasteiger partial charge in [0.2, 0.25) is 23.6 Å². The van der Waals surface area contributed by atoms with Crippen LogP contribution in [0.2, 0.25) is 0 Å². The molecule has 1 aromatic rings. The molecule has 3 heterocycles. The number of ether oxygens (including phenoxy) is 1. The third-order valence-corrected chi connectivity index (χ3v) is 7.51. The molecular formula is C23H20N2O6. The molecule has 3 N–H and O–H groups in total. The summed E-state index contributed by atoms with van der Waals surface area (Å²) in [6.07, 6.45) is 4.88. The zero-order valence-corrected chi connectivity index (χ0v) is 16.5. The molecule has 1 aromatic carbocycles. The number of phenols is 1. The smallest absolute Gasteiger partial charge is 0.231 e. The van der Waals surface area contributed by atoms with E-state index in [1.807, 2.05) is 6.08 Å². The number of phenolic OH excluding ortho intramolecular Hbond substituents is 1. The van der Waals surface area contributed by atoms with E-state index in [-0.39, 0.29) is 35.3 Å². The van der Waals surface area contributed by atoms with Crippen LogP contribution in [0.5, 0.6) is 11.5 Å². The van der Waals surface area contributed by atoms with Gasteiger partial charge in [0.15, 0.2) is 0 Å². The third-order valence-electron chi connectivity index (χ3n) is 7.51. The Morgan fingerprint density at radius 3 is 2.45 bits per heavy atom. The number of imide groups is 2. The highest BCUT2D eigenvalue weighted by molar-refractivity contribution is 6.07. The highest BCUT2D eigenvalue weighted by atomic mass is 16.5. The largest absolute Gasteiger partial charge is 0.508 e. The molecular weight excluding hydrogens is 400 g/mol. The van der Waals surface area contributed by atoms with Crippen molar-refractivity contribution in [2.45, 2.75) is 19.3 Å². The van der Waals surface area contributed by atoms with E-state index in [0.717, 1.165) is 16.7 Å². The average molecular weight is 420 g/mol. The molecule has 6 rings (SSSR count). The number of amides is 4. The van der Waals surface area contributed by atoms with Crippen molar-refractivity contribution < 1.29 is 29.0 Å². The van der Waals surface area contributed by atoms with E-state index in [4.69, 9.17) is 4.74 Å². The SMILES string of the molecule is O=C1NC(=O)[C@H]2CC=C3[C@H](C4=COc5ccc(O)cc5C4)[C@@H]4C(=O)NC(=O)[C@@H]4C[C@H]3[C@@H]12. The number of hydrogen-bond acceptors (Lipinski definition) is 6. The molecule has 0 bridgehead atoms. The Kier molecular flexibility index (Phi) is 3.73. The molecule has 0 unspecified atom stereocenters. The van der Waals surface area contributed by atoms with Crippen molar-refractivity contribution >= 4 is 23.6 Å². The average Bonchev–Trinajstić information content (AvgIpc) is 3.20. The van der Waals surface area contributed by atoms with Gasteiger partial charge in [0.1, 0.15) is 11.5 Å². The van der Waals surface area contributed by atoms with Gasteiger partial charge in [-0.2, -0.15) is 0 Å². The normalized spacial score (nSPS) is 35.6. The Labute approximate surface area is 177 Å². The summed E-state index contributed by atoms with van der Waals surface area (Å²) in [5, 5.41) is 14.8. The van der Waals surface area contributed by atoms with Crippen molar-refractivity contribution in [2.24, 2.45) is 35.5 Å². The fourth-order valence-electron chi connectivity index (χ4n) is 6.23. The van der Waals surface area contributed by atoms with Crippen molar-refractivity contribution in [1.82, 2.24) is 10.6 Å². The van der Waals surface area contributed by atoms with E-state index in [9.17, 15) is 24.3 Å². The summed E-state index contributed by atoms with van der Waals surface area (Å²) in [5.41, 5.74) is 2.57. The minimum absolute atomic E-state index is 0.123. The quantitative estimate of drug-likeness (QED) is 0.460. The second kappa shape index (κ2) is 6.29. The van der Waals surface area contributed by atoms with E-state index >= 15 is 0 Å².